The molecule has 0 aliphatic carbocycles. The monoisotopic (exact) mass is 440 g/mol. The van der Waals surface area contributed by atoms with E-state index in [0.29, 0.717) is 24.3 Å². The van der Waals surface area contributed by atoms with Crippen LogP contribution in [0.5, 0.6) is 11.5 Å². The zero-order valence-electron chi connectivity index (χ0n) is 19.8. The molecule has 0 atom stereocenters. The van der Waals surface area contributed by atoms with E-state index in [-0.39, 0.29) is 0 Å². The van der Waals surface area contributed by atoms with E-state index in [1.165, 1.54) is 5.56 Å². The second-order valence-corrected chi connectivity index (χ2v) is 9.58. The van der Waals surface area contributed by atoms with Crippen LogP contribution < -0.4 is 25.0 Å². The van der Waals surface area contributed by atoms with Crippen molar-refractivity contribution >= 4 is 17.3 Å². The predicted octanol–water partition coefficient (Wildman–Crippen LogP) is 3.23. The number of piperazine rings is 1. The van der Waals surface area contributed by atoms with Gasteiger partial charge in [0.25, 0.3) is 0 Å². The van der Waals surface area contributed by atoms with Gasteiger partial charge in [0, 0.05) is 45.8 Å². The van der Waals surface area contributed by atoms with Gasteiger partial charge in [-0.25, -0.2) is 9.97 Å². The second-order valence-electron chi connectivity index (χ2n) is 9.58. The number of nitrogen functional groups attached to an aromatic ring is 1. The molecule has 3 heterocycles. The van der Waals surface area contributed by atoms with Crippen LogP contribution in [0.1, 0.15) is 33.3 Å². The van der Waals surface area contributed by atoms with Gasteiger partial charge in [0.05, 0.1) is 0 Å². The predicted molar refractivity (Wildman–Crippen MR) is 128 cm³/mol. The molecular weight excluding hydrogens is 404 g/mol. The molecule has 0 saturated carbocycles. The molecule has 2 aliphatic heterocycles. The lowest BCUT2D eigenvalue weighted by atomic mass is 10.1. The van der Waals surface area contributed by atoms with Crippen molar-refractivity contribution in [1.29, 1.82) is 0 Å². The molecule has 0 bridgehead atoms. The molecule has 0 unspecified atom stereocenters. The standard InChI is InChI=1S/C24H36N6O2/c1-17(2)12-30(13-18(3)4)24-22(25)23(26-15-27-24)29-9-7-28(8-10-29)14-19-5-6-20-21(11-19)32-16-31-20/h5-6,11,15,17-18H,7-10,12-14,16,25H2,1-4H3. The Bertz CT molecular complexity index is 901. The summed E-state index contributed by atoms with van der Waals surface area (Å²) in [6, 6.07) is 6.20. The van der Waals surface area contributed by atoms with Crippen molar-refractivity contribution in [2.45, 2.75) is 34.2 Å². The third kappa shape index (κ3) is 5.18. The summed E-state index contributed by atoms with van der Waals surface area (Å²) in [5, 5.41) is 0. The molecule has 8 heteroatoms. The first-order valence-corrected chi connectivity index (χ1v) is 11.6. The quantitative estimate of drug-likeness (QED) is 0.670. The molecule has 1 aromatic heterocycles. The van der Waals surface area contributed by atoms with Crippen LogP contribution in [0.3, 0.4) is 0 Å². The minimum atomic E-state index is 0.311. The molecule has 1 saturated heterocycles. The molecule has 174 valence electrons. The number of hydrogen-bond donors (Lipinski definition) is 1. The third-order valence-corrected chi connectivity index (χ3v) is 5.83. The van der Waals surface area contributed by atoms with Crippen LogP contribution in [-0.4, -0.2) is 60.9 Å². The minimum absolute atomic E-state index is 0.311. The summed E-state index contributed by atoms with van der Waals surface area (Å²) in [6.45, 7) is 15.7. The lowest BCUT2D eigenvalue weighted by Crippen LogP contribution is -2.46. The molecule has 1 aromatic carbocycles. The van der Waals surface area contributed by atoms with Gasteiger partial charge < -0.3 is 25.0 Å². The number of aromatic nitrogens is 2. The molecule has 2 N–H and O–H groups in total. The fourth-order valence-corrected chi connectivity index (χ4v) is 4.43. The Hall–Kier alpha value is -2.74. The Morgan fingerprint density at radius 3 is 2.34 bits per heavy atom. The van der Waals surface area contributed by atoms with Crippen molar-refractivity contribution in [3.05, 3.63) is 30.1 Å². The normalized spacial score (nSPS) is 16.2. The smallest absolute Gasteiger partial charge is 0.231 e. The Kier molecular flexibility index (Phi) is 6.89. The van der Waals surface area contributed by atoms with Gasteiger partial charge in [-0.3, -0.25) is 4.90 Å². The van der Waals surface area contributed by atoms with Crippen molar-refractivity contribution in [1.82, 2.24) is 14.9 Å². The average molecular weight is 441 g/mol. The van der Waals surface area contributed by atoms with Crippen LogP contribution in [-0.2, 0) is 6.54 Å². The Morgan fingerprint density at radius 1 is 0.969 bits per heavy atom. The van der Waals surface area contributed by atoms with Gasteiger partial charge in [0.15, 0.2) is 23.1 Å². The van der Waals surface area contributed by atoms with Crippen LogP contribution >= 0.6 is 0 Å². The van der Waals surface area contributed by atoms with E-state index >= 15 is 0 Å². The molecule has 0 spiro atoms. The van der Waals surface area contributed by atoms with E-state index in [1.807, 2.05) is 6.07 Å². The molecular formula is C24H36N6O2. The summed E-state index contributed by atoms with van der Waals surface area (Å²) in [5.74, 6) is 4.46. The van der Waals surface area contributed by atoms with Crippen molar-refractivity contribution in [2.24, 2.45) is 11.8 Å². The molecule has 0 radical (unpaired) electrons. The molecule has 2 aromatic rings. The fraction of sp³-hybridized carbons (Fsp3) is 0.583. The fourth-order valence-electron chi connectivity index (χ4n) is 4.43. The maximum atomic E-state index is 6.63. The maximum absolute atomic E-state index is 6.63. The van der Waals surface area contributed by atoms with Crippen molar-refractivity contribution in [3.63, 3.8) is 0 Å². The summed E-state index contributed by atoms with van der Waals surface area (Å²) >= 11 is 0. The Labute approximate surface area is 191 Å². The topological polar surface area (TPSA) is 80.0 Å². The third-order valence-electron chi connectivity index (χ3n) is 5.83. The van der Waals surface area contributed by atoms with Crippen molar-refractivity contribution in [3.8, 4) is 11.5 Å². The van der Waals surface area contributed by atoms with Crippen molar-refractivity contribution in [2.75, 3.05) is 61.6 Å². The van der Waals surface area contributed by atoms with Gasteiger partial charge in [-0.1, -0.05) is 33.8 Å². The zero-order valence-corrected chi connectivity index (χ0v) is 19.8. The zero-order chi connectivity index (χ0) is 22.7. The lowest BCUT2D eigenvalue weighted by Gasteiger charge is -2.36. The van der Waals surface area contributed by atoms with Gasteiger partial charge in [-0.2, -0.15) is 0 Å². The van der Waals surface area contributed by atoms with Gasteiger partial charge in [-0.15, -0.1) is 0 Å². The van der Waals surface area contributed by atoms with E-state index in [1.54, 1.807) is 6.33 Å². The number of nitrogens with two attached hydrogens (primary N) is 1. The highest BCUT2D eigenvalue weighted by molar-refractivity contribution is 5.75. The highest BCUT2D eigenvalue weighted by atomic mass is 16.7. The van der Waals surface area contributed by atoms with Crippen LogP contribution in [0.2, 0.25) is 0 Å². The number of nitrogens with zero attached hydrogens (tertiary/aromatic N) is 5. The van der Waals surface area contributed by atoms with Gasteiger partial charge in [0.2, 0.25) is 6.79 Å². The van der Waals surface area contributed by atoms with E-state index in [2.05, 4.69) is 64.5 Å². The van der Waals surface area contributed by atoms with Crippen LogP contribution in [0.15, 0.2) is 24.5 Å². The molecule has 2 aliphatic rings. The first kappa shape index (κ1) is 22.5. The Balaban J connectivity index is 1.41. The van der Waals surface area contributed by atoms with Crippen molar-refractivity contribution < 1.29 is 9.47 Å². The molecule has 8 nitrogen and oxygen atoms in total. The van der Waals surface area contributed by atoms with E-state index in [0.717, 1.165) is 68.9 Å². The number of hydrogen-bond acceptors (Lipinski definition) is 8. The summed E-state index contributed by atoms with van der Waals surface area (Å²) in [5.41, 5.74) is 8.56. The molecule has 1 fully saturated rings. The largest absolute Gasteiger partial charge is 0.454 e. The first-order chi connectivity index (χ1) is 15.4. The number of fused-ring (bicyclic) bond motifs is 1. The molecule has 0 amide bonds. The SMILES string of the molecule is CC(C)CN(CC(C)C)c1ncnc(N2CCN(Cc3ccc4c(c3)OCO4)CC2)c1N. The van der Waals surface area contributed by atoms with E-state index < -0.39 is 0 Å². The highest BCUT2D eigenvalue weighted by Gasteiger charge is 2.24. The summed E-state index contributed by atoms with van der Waals surface area (Å²) in [6.07, 6.45) is 1.66. The highest BCUT2D eigenvalue weighted by Crippen LogP contribution is 2.33. The van der Waals surface area contributed by atoms with E-state index in [9.17, 15) is 0 Å². The van der Waals surface area contributed by atoms with E-state index in [4.69, 9.17) is 15.2 Å². The summed E-state index contributed by atoms with van der Waals surface area (Å²) in [4.78, 5) is 16.2. The minimum Gasteiger partial charge on any atom is -0.454 e. The summed E-state index contributed by atoms with van der Waals surface area (Å²) < 4.78 is 10.9. The van der Waals surface area contributed by atoms with Crippen LogP contribution in [0, 0.1) is 11.8 Å². The lowest BCUT2D eigenvalue weighted by molar-refractivity contribution is 0.174. The maximum Gasteiger partial charge on any atom is 0.231 e. The molecule has 4 rings (SSSR count). The number of benzene rings is 1. The average Bonchev–Trinajstić information content (AvgIpc) is 3.21. The van der Waals surface area contributed by atoms with Gasteiger partial charge >= 0.3 is 0 Å². The second kappa shape index (κ2) is 9.81. The number of rotatable bonds is 8. The number of ether oxygens (including phenoxy) is 2. The first-order valence-electron chi connectivity index (χ1n) is 11.6. The van der Waals surface area contributed by atoms with Gasteiger partial charge in [0.1, 0.15) is 12.0 Å². The Morgan fingerprint density at radius 2 is 1.66 bits per heavy atom. The molecule has 32 heavy (non-hydrogen) atoms. The van der Waals surface area contributed by atoms with Crippen LogP contribution in [0.4, 0.5) is 17.3 Å². The number of anilines is 3. The summed E-state index contributed by atoms with van der Waals surface area (Å²) in [7, 11) is 0. The van der Waals surface area contributed by atoms with Crippen LogP contribution in [0.25, 0.3) is 0 Å². The van der Waals surface area contributed by atoms with Gasteiger partial charge in [-0.05, 0) is 29.5 Å².